The molecule has 0 aliphatic carbocycles. The number of ether oxygens (including phenoxy) is 2. The van der Waals surface area contributed by atoms with E-state index in [4.69, 9.17) is 13.9 Å². The molecule has 1 amide bonds. The highest BCUT2D eigenvalue weighted by Gasteiger charge is 2.25. The number of nitrogens with one attached hydrogen (secondary N) is 1. The van der Waals surface area contributed by atoms with Gasteiger partial charge in [0.1, 0.15) is 11.5 Å². The summed E-state index contributed by atoms with van der Waals surface area (Å²) in [5.41, 5.74) is 1.68. The van der Waals surface area contributed by atoms with Gasteiger partial charge in [-0.25, -0.2) is 0 Å². The second-order valence-electron chi connectivity index (χ2n) is 6.45. The molecule has 1 aromatic heterocycles. The quantitative estimate of drug-likeness (QED) is 0.824. The number of amides is 1. The second-order valence-corrected chi connectivity index (χ2v) is 6.45. The molecule has 1 aliphatic rings. The monoisotopic (exact) mass is 358 g/mol. The molecule has 0 spiro atoms. The molecule has 1 fully saturated rings. The van der Waals surface area contributed by atoms with Gasteiger partial charge in [0.15, 0.2) is 0 Å². The molecule has 1 unspecified atom stereocenters. The van der Waals surface area contributed by atoms with Crippen LogP contribution >= 0.6 is 0 Å². The second kappa shape index (κ2) is 8.98. The average Bonchev–Trinajstić information content (AvgIpc) is 3.09. The van der Waals surface area contributed by atoms with E-state index in [0.29, 0.717) is 31.9 Å². The van der Waals surface area contributed by atoms with E-state index in [2.05, 4.69) is 10.2 Å². The highest BCUT2D eigenvalue weighted by atomic mass is 16.5. The Morgan fingerprint density at radius 3 is 2.54 bits per heavy atom. The highest BCUT2D eigenvalue weighted by Crippen LogP contribution is 2.23. The van der Waals surface area contributed by atoms with Crippen LogP contribution in [0.1, 0.15) is 33.5 Å². The van der Waals surface area contributed by atoms with E-state index < -0.39 is 0 Å². The number of aryl methyl sites for hydroxylation is 1. The van der Waals surface area contributed by atoms with Crippen LogP contribution in [0.3, 0.4) is 0 Å². The first-order valence-electron chi connectivity index (χ1n) is 8.91. The Kier molecular flexibility index (Phi) is 6.44. The molecule has 140 valence electrons. The SMILES string of the molecule is COCc1ccc(C(=O)NCC(c2ccc(C)o2)N2CCOCC2)cc1. The standard InChI is InChI=1S/C20H26N2O4/c1-15-3-8-19(26-15)18(22-9-11-25-12-10-22)13-21-20(23)17-6-4-16(5-7-17)14-24-2/h3-8,18H,9-14H2,1-2H3,(H,21,23). The Balaban J connectivity index is 1.65. The Bertz CT molecular complexity index is 705. The van der Waals surface area contributed by atoms with Crippen LogP contribution in [0.25, 0.3) is 0 Å². The summed E-state index contributed by atoms with van der Waals surface area (Å²) < 4.78 is 16.4. The summed E-state index contributed by atoms with van der Waals surface area (Å²) in [6.07, 6.45) is 0. The molecular formula is C20H26N2O4. The van der Waals surface area contributed by atoms with E-state index in [1.807, 2.05) is 43.3 Å². The zero-order valence-electron chi connectivity index (χ0n) is 15.4. The fourth-order valence-electron chi connectivity index (χ4n) is 3.14. The van der Waals surface area contributed by atoms with Crippen LogP contribution in [0.2, 0.25) is 0 Å². The van der Waals surface area contributed by atoms with Gasteiger partial charge in [-0.3, -0.25) is 9.69 Å². The van der Waals surface area contributed by atoms with Gasteiger partial charge in [-0.15, -0.1) is 0 Å². The molecule has 1 N–H and O–H groups in total. The minimum atomic E-state index is -0.0875. The van der Waals surface area contributed by atoms with Crippen LogP contribution in [0.15, 0.2) is 40.8 Å². The summed E-state index contributed by atoms with van der Waals surface area (Å²) in [6.45, 7) is 6.01. The molecule has 1 saturated heterocycles. The van der Waals surface area contributed by atoms with Gasteiger partial charge in [0.05, 0.1) is 25.9 Å². The van der Waals surface area contributed by atoms with Gasteiger partial charge >= 0.3 is 0 Å². The van der Waals surface area contributed by atoms with E-state index in [-0.39, 0.29) is 11.9 Å². The molecule has 1 aromatic carbocycles. The van der Waals surface area contributed by atoms with Crippen LogP contribution in [-0.4, -0.2) is 50.8 Å². The zero-order chi connectivity index (χ0) is 18.4. The number of nitrogens with zero attached hydrogens (tertiary/aromatic N) is 1. The van der Waals surface area contributed by atoms with Crippen molar-refractivity contribution >= 4 is 5.91 Å². The van der Waals surface area contributed by atoms with Crippen molar-refractivity contribution in [3.05, 3.63) is 59.0 Å². The summed E-state index contributed by atoms with van der Waals surface area (Å²) in [5, 5.41) is 3.04. The number of hydrogen-bond donors (Lipinski definition) is 1. The Morgan fingerprint density at radius 2 is 1.92 bits per heavy atom. The van der Waals surface area contributed by atoms with Gasteiger partial charge in [-0.05, 0) is 36.8 Å². The number of benzene rings is 1. The van der Waals surface area contributed by atoms with E-state index in [1.54, 1.807) is 7.11 Å². The average molecular weight is 358 g/mol. The van der Waals surface area contributed by atoms with Crippen LogP contribution in [0.5, 0.6) is 0 Å². The molecule has 1 aliphatic heterocycles. The van der Waals surface area contributed by atoms with Crippen molar-refractivity contribution in [1.82, 2.24) is 10.2 Å². The number of rotatable bonds is 7. The molecule has 26 heavy (non-hydrogen) atoms. The van der Waals surface area contributed by atoms with Crippen LogP contribution in [-0.2, 0) is 16.1 Å². The van der Waals surface area contributed by atoms with Gasteiger partial charge < -0.3 is 19.2 Å². The molecular weight excluding hydrogens is 332 g/mol. The minimum Gasteiger partial charge on any atom is -0.465 e. The molecule has 0 radical (unpaired) electrons. The van der Waals surface area contributed by atoms with E-state index in [1.165, 1.54) is 0 Å². The lowest BCUT2D eigenvalue weighted by molar-refractivity contribution is 0.0117. The molecule has 0 saturated carbocycles. The van der Waals surface area contributed by atoms with Crippen molar-refractivity contribution in [2.24, 2.45) is 0 Å². The fourth-order valence-corrected chi connectivity index (χ4v) is 3.14. The summed E-state index contributed by atoms with van der Waals surface area (Å²) in [7, 11) is 1.66. The number of furan rings is 1. The van der Waals surface area contributed by atoms with Crippen molar-refractivity contribution < 1.29 is 18.7 Å². The van der Waals surface area contributed by atoms with Crippen molar-refractivity contribution in [3.63, 3.8) is 0 Å². The smallest absolute Gasteiger partial charge is 0.251 e. The van der Waals surface area contributed by atoms with Crippen LogP contribution < -0.4 is 5.32 Å². The van der Waals surface area contributed by atoms with Crippen LogP contribution in [0.4, 0.5) is 0 Å². The number of carbonyl (C=O) groups excluding carboxylic acids is 1. The number of morpholine rings is 1. The molecule has 6 heteroatoms. The predicted molar refractivity (Wildman–Crippen MR) is 98.1 cm³/mol. The first kappa shape index (κ1) is 18.6. The van der Waals surface area contributed by atoms with Crippen molar-refractivity contribution in [3.8, 4) is 0 Å². The zero-order valence-corrected chi connectivity index (χ0v) is 15.4. The minimum absolute atomic E-state index is 0.00400. The van der Waals surface area contributed by atoms with Gasteiger partial charge in [0.2, 0.25) is 0 Å². The van der Waals surface area contributed by atoms with Gasteiger partial charge in [0, 0.05) is 32.3 Å². The normalized spacial score (nSPS) is 16.4. The summed E-state index contributed by atoms with van der Waals surface area (Å²) in [6, 6.07) is 11.4. The molecule has 1 atom stereocenters. The first-order valence-corrected chi connectivity index (χ1v) is 8.91. The maximum Gasteiger partial charge on any atom is 0.251 e. The Morgan fingerprint density at radius 1 is 1.19 bits per heavy atom. The third kappa shape index (κ3) is 4.72. The number of hydrogen-bond acceptors (Lipinski definition) is 5. The molecule has 0 bridgehead atoms. The number of carbonyl (C=O) groups is 1. The van der Waals surface area contributed by atoms with Crippen molar-refractivity contribution in [1.29, 1.82) is 0 Å². The maximum absolute atomic E-state index is 12.5. The Labute approximate surface area is 154 Å². The first-order chi connectivity index (χ1) is 12.7. The maximum atomic E-state index is 12.5. The molecule has 2 aromatic rings. The lowest BCUT2D eigenvalue weighted by atomic mass is 10.1. The summed E-state index contributed by atoms with van der Waals surface area (Å²) in [5.74, 6) is 1.66. The third-order valence-corrected chi connectivity index (χ3v) is 4.56. The largest absolute Gasteiger partial charge is 0.465 e. The lowest BCUT2D eigenvalue weighted by Gasteiger charge is -2.33. The summed E-state index contributed by atoms with van der Waals surface area (Å²) in [4.78, 5) is 14.8. The van der Waals surface area contributed by atoms with E-state index >= 15 is 0 Å². The van der Waals surface area contributed by atoms with Crippen molar-refractivity contribution in [2.45, 2.75) is 19.6 Å². The lowest BCUT2D eigenvalue weighted by Crippen LogP contribution is -2.43. The van der Waals surface area contributed by atoms with Gasteiger partial charge in [-0.2, -0.15) is 0 Å². The van der Waals surface area contributed by atoms with E-state index in [9.17, 15) is 4.79 Å². The third-order valence-electron chi connectivity index (χ3n) is 4.56. The summed E-state index contributed by atoms with van der Waals surface area (Å²) >= 11 is 0. The topological polar surface area (TPSA) is 63.9 Å². The molecule has 3 rings (SSSR count). The van der Waals surface area contributed by atoms with Crippen molar-refractivity contribution in [2.75, 3.05) is 40.0 Å². The Hall–Kier alpha value is -2.15. The predicted octanol–water partition coefficient (Wildman–Crippen LogP) is 2.54. The molecule has 6 nitrogen and oxygen atoms in total. The van der Waals surface area contributed by atoms with Gasteiger partial charge in [-0.1, -0.05) is 12.1 Å². The molecule has 2 heterocycles. The highest BCUT2D eigenvalue weighted by molar-refractivity contribution is 5.94. The number of methoxy groups -OCH3 is 1. The fraction of sp³-hybridized carbons (Fsp3) is 0.450. The van der Waals surface area contributed by atoms with Crippen LogP contribution in [0, 0.1) is 6.92 Å². The van der Waals surface area contributed by atoms with E-state index in [0.717, 1.165) is 30.2 Å². The van der Waals surface area contributed by atoms with Gasteiger partial charge in [0.25, 0.3) is 5.91 Å².